The molecule has 0 radical (unpaired) electrons. The number of ether oxygens (including phenoxy) is 1. The van der Waals surface area contributed by atoms with Crippen molar-refractivity contribution in [3.05, 3.63) is 65.7 Å². The number of nitrogens with one attached hydrogen (secondary N) is 1. The Hall–Kier alpha value is -3.13. The molecule has 0 fully saturated rings. The highest BCUT2D eigenvalue weighted by atomic mass is 32.2. The first kappa shape index (κ1) is 20.6. The lowest BCUT2D eigenvalue weighted by Crippen LogP contribution is -2.33. The maximum absolute atomic E-state index is 12.2. The van der Waals surface area contributed by atoms with Gasteiger partial charge >= 0.3 is 5.97 Å². The molecule has 2 aromatic rings. The van der Waals surface area contributed by atoms with Crippen LogP contribution < -0.4 is 5.32 Å². The van der Waals surface area contributed by atoms with Gasteiger partial charge in [0.15, 0.2) is 6.61 Å². The monoisotopic (exact) mass is 412 g/mol. The number of carbonyl (C=O) groups excluding carboxylic acids is 4. The molecule has 0 aromatic heterocycles. The number of thioether (sulfide) groups is 1. The topological polar surface area (TPSA) is 92.8 Å². The van der Waals surface area contributed by atoms with E-state index in [-0.39, 0.29) is 13.0 Å². The maximum atomic E-state index is 12.2. The summed E-state index contributed by atoms with van der Waals surface area (Å²) in [7, 11) is 0. The molecule has 2 aromatic carbocycles. The number of fused-ring (bicyclic) bond motifs is 1. The van der Waals surface area contributed by atoms with Gasteiger partial charge in [0.1, 0.15) is 0 Å². The van der Waals surface area contributed by atoms with Gasteiger partial charge in [-0.05, 0) is 24.3 Å². The number of carbonyl (C=O) groups is 4. The highest BCUT2D eigenvalue weighted by Gasteiger charge is 2.35. The zero-order chi connectivity index (χ0) is 20.6. The summed E-state index contributed by atoms with van der Waals surface area (Å²) >= 11 is 1.61. The third-order valence-corrected chi connectivity index (χ3v) is 5.23. The molecule has 8 heteroatoms. The van der Waals surface area contributed by atoms with Gasteiger partial charge in [0, 0.05) is 23.7 Å². The second kappa shape index (κ2) is 9.88. The minimum Gasteiger partial charge on any atom is -0.456 e. The molecule has 1 aliphatic heterocycles. The smallest absolute Gasteiger partial charge is 0.308 e. The first-order valence-corrected chi connectivity index (χ1v) is 10.1. The van der Waals surface area contributed by atoms with Crippen LogP contribution in [-0.4, -0.2) is 54.0 Å². The Morgan fingerprint density at radius 3 is 2.21 bits per heavy atom. The van der Waals surface area contributed by atoms with Crippen molar-refractivity contribution in [1.29, 1.82) is 0 Å². The van der Waals surface area contributed by atoms with Crippen molar-refractivity contribution in [2.75, 3.05) is 25.4 Å². The summed E-state index contributed by atoms with van der Waals surface area (Å²) in [5.41, 5.74) is 0.664. The van der Waals surface area contributed by atoms with Crippen LogP contribution in [0.25, 0.3) is 0 Å². The van der Waals surface area contributed by atoms with Gasteiger partial charge < -0.3 is 10.1 Å². The molecule has 1 heterocycles. The fraction of sp³-hybridized carbons (Fsp3) is 0.238. The number of nitrogens with zero attached hydrogens (tertiary/aromatic N) is 1. The molecule has 0 saturated heterocycles. The van der Waals surface area contributed by atoms with Crippen LogP contribution in [0.15, 0.2) is 59.5 Å². The highest BCUT2D eigenvalue weighted by Crippen LogP contribution is 2.22. The summed E-state index contributed by atoms with van der Waals surface area (Å²) in [5.74, 6) is -1.19. The molecular formula is C21H20N2O5S. The largest absolute Gasteiger partial charge is 0.456 e. The molecule has 29 heavy (non-hydrogen) atoms. The molecule has 0 aliphatic carbocycles. The molecule has 1 N–H and O–H groups in total. The zero-order valence-electron chi connectivity index (χ0n) is 15.6. The molecule has 3 amide bonds. The van der Waals surface area contributed by atoms with Crippen LogP contribution in [0.2, 0.25) is 0 Å². The second-order valence-electron chi connectivity index (χ2n) is 6.23. The summed E-state index contributed by atoms with van der Waals surface area (Å²) in [6.07, 6.45) is -0.164. The van der Waals surface area contributed by atoms with E-state index in [1.807, 2.05) is 30.3 Å². The van der Waals surface area contributed by atoms with Gasteiger partial charge in [-0.15, -0.1) is 11.8 Å². The molecular weight excluding hydrogens is 392 g/mol. The van der Waals surface area contributed by atoms with Gasteiger partial charge in [-0.3, -0.25) is 24.1 Å². The quantitative estimate of drug-likeness (QED) is 0.294. The van der Waals surface area contributed by atoms with E-state index in [2.05, 4.69) is 5.32 Å². The van der Waals surface area contributed by atoms with Crippen molar-refractivity contribution in [1.82, 2.24) is 10.2 Å². The number of esters is 1. The van der Waals surface area contributed by atoms with Crippen molar-refractivity contribution in [3.63, 3.8) is 0 Å². The molecule has 150 valence electrons. The predicted molar refractivity (Wildman–Crippen MR) is 108 cm³/mol. The lowest BCUT2D eigenvalue weighted by atomic mass is 10.1. The zero-order valence-corrected chi connectivity index (χ0v) is 16.4. The van der Waals surface area contributed by atoms with Crippen LogP contribution in [0, 0.1) is 0 Å². The van der Waals surface area contributed by atoms with E-state index in [9.17, 15) is 19.2 Å². The van der Waals surface area contributed by atoms with Crippen LogP contribution in [0.3, 0.4) is 0 Å². The Morgan fingerprint density at radius 2 is 1.55 bits per heavy atom. The van der Waals surface area contributed by atoms with Gasteiger partial charge in [-0.1, -0.05) is 30.3 Å². The highest BCUT2D eigenvalue weighted by molar-refractivity contribution is 7.99. The van der Waals surface area contributed by atoms with Gasteiger partial charge in [0.2, 0.25) is 0 Å². The van der Waals surface area contributed by atoms with Crippen LogP contribution in [0.5, 0.6) is 0 Å². The van der Waals surface area contributed by atoms with Crippen LogP contribution >= 0.6 is 11.8 Å². The van der Waals surface area contributed by atoms with Crippen LogP contribution in [0.4, 0.5) is 0 Å². The van der Waals surface area contributed by atoms with E-state index in [0.29, 0.717) is 23.4 Å². The standard InChI is InChI=1S/C21H20N2O5S/c24-18(22-11-13-29-15-6-2-1-3-7-15)14-28-19(25)10-12-23-20(26)16-8-4-5-9-17(16)21(23)27/h1-9H,10-14H2,(H,22,24). The van der Waals surface area contributed by atoms with E-state index in [0.717, 1.165) is 9.80 Å². The van der Waals surface area contributed by atoms with E-state index >= 15 is 0 Å². The minimum atomic E-state index is -0.643. The van der Waals surface area contributed by atoms with E-state index < -0.39 is 30.3 Å². The van der Waals surface area contributed by atoms with E-state index in [4.69, 9.17) is 4.74 Å². The summed E-state index contributed by atoms with van der Waals surface area (Å²) < 4.78 is 4.92. The molecule has 0 atom stereocenters. The molecule has 1 aliphatic rings. The third-order valence-electron chi connectivity index (χ3n) is 4.22. The summed E-state index contributed by atoms with van der Waals surface area (Å²) in [4.78, 5) is 50.2. The van der Waals surface area contributed by atoms with Gasteiger partial charge in [-0.2, -0.15) is 0 Å². The van der Waals surface area contributed by atoms with Gasteiger partial charge in [-0.25, -0.2) is 0 Å². The van der Waals surface area contributed by atoms with E-state index in [1.54, 1.807) is 36.0 Å². The third kappa shape index (κ3) is 5.45. The first-order chi connectivity index (χ1) is 14.1. The average Bonchev–Trinajstić information content (AvgIpc) is 2.99. The van der Waals surface area contributed by atoms with Gasteiger partial charge in [0.05, 0.1) is 17.5 Å². The number of rotatable bonds is 9. The van der Waals surface area contributed by atoms with Crippen molar-refractivity contribution >= 4 is 35.5 Å². The lowest BCUT2D eigenvalue weighted by molar-refractivity contribution is -0.148. The Morgan fingerprint density at radius 1 is 0.931 bits per heavy atom. The molecule has 3 rings (SSSR count). The van der Waals surface area contributed by atoms with E-state index in [1.165, 1.54) is 0 Å². The maximum Gasteiger partial charge on any atom is 0.308 e. The molecule has 0 bridgehead atoms. The number of benzene rings is 2. The van der Waals surface area contributed by atoms with Gasteiger partial charge in [0.25, 0.3) is 17.7 Å². The van der Waals surface area contributed by atoms with Crippen molar-refractivity contribution in [2.45, 2.75) is 11.3 Å². The summed E-state index contributed by atoms with van der Waals surface area (Å²) in [6, 6.07) is 16.3. The summed E-state index contributed by atoms with van der Waals surface area (Å²) in [5, 5.41) is 2.68. The normalized spacial score (nSPS) is 12.6. The first-order valence-electron chi connectivity index (χ1n) is 9.11. The van der Waals surface area contributed by atoms with Crippen molar-refractivity contribution < 1.29 is 23.9 Å². The van der Waals surface area contributed by atoms with Crippen molar-refractivity contribution in [3.8, 4) is 0 Å². The minimum absolute atomic E-state index is 0.0828. The number of hydrogen-bond donors (Lipinski definition) is 1. The van der Waals surface area contributed by atoms with Crippen LogP contribution in [-0.2, 0) is 14.3 Å². The molecule has 7 nitrogen and oxygen atoms in total. The molecule has 0 saturated carbocycles. The molecule has 0 unspecified atom stereocenters. The van der Waals surface area contributed by atoms with Crippen molar-refractivity contribution in [2.24, 2.45) is 0 Å². The lowest BCUT2D eigenvalue weighted by Gasteiger charge is -2.13. The SMILES string of the molecule is O=C(COC(=O)CCN1C(=O)c2ccccc2C1=O)NCCSc1ccccc1. The van der Waals surface area contributed by atoms with Crippen LogP contribution in [0.1, 0.15) is 27.1 Å². The fourth-order valence-electron chi connectivity index (χ4n) is 2.79. The summed E-state index contributed by atoms with van der Waals surface area (Å²) in [6.45, 7) is -0.0253. The second-order valence-corrected chi connectivity index (χ2v) is 7.40. The Balaban J connectivity index is 1.32. The Labute approximate surface area is 172 Å². The molecule has 0 spiro atoms. The predicted octanol–water partition coefficient (Wildman–Crippen LogP) is 2.12. The number of imide groups is 1. The fourth-order valence-corrected chi connectivity index (χ4v) is 3.58. The Bertz CT molecular complexity index is 881. The number of amides is 3. The Kier molecular flexibility index (Phi) is 7.02. The number of hydrogen-bond acceptors (Lipinski definition) is 6. The average molecular weight is 412 g/mol.